The van der Waals surface area contributed by atoms with Gasteiger partial charge >= 0.3 is 41.3 Å². The zero-order valence-corrected chi connectivity index (χ0v) is 13.4. The zero-order chi connectivity index (χ0) is 13.0. The van der Waals surface area contributed by atoms with E-state index >= 15 is 0 Å². The second-order valence-electron chi connectivity index (χ2n) is 4.66. The van der Waals surface area contributed by atoms with Crippen LogP contribution >= 0.6 is 0 Å². The van der Waals surface area contributed by atoms with Gasteiger partial charge in [0.1, 0.15) is 0 Å². The number of hydrogen-bond acceptors (Lipinski definition) is 0. The van der Waals surface area contributed by atoms with Crippen LogP contribution in [0.3, 0.4) is 0 Å². The molecule has 0 unspecified atom stereocenters. The molecule has 2 aromatic rings. The molecule has 0 amide bonds. The molecule has 18 heavy (non-hydrogen) atoms. The second-order valence-corrected chi connectivity index (χ2v) is 7.12. The fraction of sp³-hybridized carbons (Fsp3) is 0.176. The molecule has 3 rings (SSSR count). The normalized spacial score (nSPS) is 13.1. The molecular weight excluding hydrogens is 295 g/mol. The van der Waals surface area contributed by atoms with Crippen molar-refractivity contribution in [2.75, 3.05) is 0 Å². The number of rotatable bonds is 1. The Morgan fingerprint density at radius 1 is 1.17 bits per heavy atom. The summed E-state index contributed by atoms with van der Waals surface area (Å²) in [6, 6.07) is 13.0. The molecule has 0 saturated heterocycles. The Morgan fingerprint density at radius 3 is 2.56 bits per heavy atom. The fourth-order valence-electron chi connectivity index (χ4n) is 2.08. The van der Waals surface area contributed by atoms with Gasteiger partial charge in [0.15, 0.2) is 0 Å². The molecule has 0 spiro atoms. The van der Waals surface area contributed by atoms with Crippen molar-refractivity contribution in [2.45, 2.75) is 20.3 Å². The van der Waals surface area contributed by atoms with E-state index in [1.165, 1.54) is 25.1 Å². The van der Waals surface area contributed by atoms with Gasteiger partial charge in [-0.1, -0.05) is 35.9 Å². The van der Waals surface area contributed by atoms with Crippen LogP contribution in [0.4, 0.5) is 0 Å². The number of benzene rings is 1. The number of hydrogen-bond donors (Lipinski definition) is 0. The zero-order valence-electron chi connectivity index (χ0n) is 10.9. The van der Waals surface area contributed by atoms with E-state index in [9.17, 15) is 0 Å². The predicted molar refractivity (Wildman–Crippen MR) is 77.6 cm³/mol. The van der Waals surface area contributed by atoms with Gasteiger partial charge < -0.3 is 0 Å². The summed E-state index contributed by atoms with van der Waals surface area (Å²) in [5.41, 5.74) is 2.83. The van der Waals surface area contributed by atoms with Crippen molar-refractivity contribution in [1.29, 1.82) is 0 Å². The summed E-state index contributed by atoms with van der Waals surface area (Å²) in [6.07, 6.45) is 7.63. The third-order valence-corrected chi connectivity index (χ3v) is 2.80. The molecule has 0 saturated carbocycles. The van der Waals surface area contributed by atoms with Crippen LogP contribution in [0.2, 0.25) is 0 Å². The summed E-state index contributed by atoms with van der Waals surface area (Å²) >= 11 is 1.55. The maximum absolute atomic E-state index is 2.23. The van der Waals surface area contributed by atoms with E-state index in [1.54, 1.807) is 24.2 Å². The minimum atomic E-state index is 1.08. The molecule has 0 fully saturated rings. The SMILES string of the molecule is C1=CCC([c-]2ccc3ccccc32)=C1.C[C](C)=[Zr]. The average Bonchev–Trinajstić information content (AvgIpc) is 2.96. The van der Waals surface area contributed by atoms with E-state index in [0.29, 0.717) is 0 Å². The first kappa shape index (κ1) is 13.5. The molecular formula is C17H17Zr-. The third-order valence-electron chi connectivity index (χ3n) is 2.80. The Hall–Kier alpha value is -0.937. The van der Waals surface area contributed by atoms with E-state index < -0.39 is 0 Å². The Labute approximate surface area is 124 Å². The van der Waals surface area contributed by atoms with Gasteiger partial charge in [-0.3, -0.25) is 0 Å². The quantitative estimate of drug-likeness (QED) is 0.673. The summed E-state index contributed by atoms with van der Waals surface area (Å²) in [5, 5.41) is 2.72. The number of fused-ring (bicyclic) bond motifs is 1. The molecule has 0 N–H and O–H groups in total. The maximum atomic E-state index is 2.23. The first-order valence-electron chi connectivity index (χ1n) is 6.21. The molecule has 0 nitrogen and oxygen atoms in total. The fourth-order valence-corrected chi connectivity index (χ4v) is 2.08. The van der Waals surface area contributed by atoms with Crippen LogP contribution in [0.5, 0.6) is 0 Å². The van der Waals surface area contributed by atoms with Gasteiger partial charge in [0, 0.05) is 0 Å². The predicted octanol–water partition coefficient (Wildman–Crippen LogP) is 4.65. The standard InChI is InChI=1S/C14H11.C3H6.Zr/c1-2-6-11(5-1)14-10-9-12-7-3-4-8-13(12)14;1-3-2;/h1-5,7-10H,6H2;1-2H3;/q-1;;. The van der Waals surface area contributed by atoms with E-state index in [4.69, 9.17) is 0 Å². The summed E-state index contributed by atoms with van der Waals surface area (Å²) in [7, 11) is 0. The van der Waals surface area contributed by atoms with Crippen molar-refractivity contribution >= 4 is 19.6 Å². The van der Waals surface area contributed by atoms with Crippen LogP contribution in [-0.2, 0) is 24.2 Å². The summed E-state index contributed by atoms with van der Waals surface area (Å²) in [6.45, 7) is 4.25. The molecule has 0 bridgehead atoms. The van der Waals surface area contributed by atoms with Crippen LogP contribution in [0.1, 0.15) is 25.8 Å². The first-order valence-corrected chi connectivity index (χ1v) is 7.43. The Bertz CT molecular complexity index is 607. The monoisotopic (exact) mass is 311 g/mol. The number of allylic oxidation sites excluding steroid dienone is 4. The van der Waals surface area contributed by atoms with Gasteiger partial charge in [0.2, 0.25) is 0 Å². The van der Waals surface area contributed by atoms with E-state index in [-0.39, 0.29) is 0 Å². The van der Waals surface area contributed by atoms with Crippen molar-refractivity contribution in [3.63, 3.8) is 0 Å². The van der Waals surface area contributed by atoms with Crippen LogP contribution in [0.25, 0.3) is 16.3 Å². The molecule has 90 valence electrons. The molecule has 0 aromatic heterocycles. The van der Waals surface area contributed by atoms with Gasteiger partial charge in [-0.25, -0.2) is 0 Å². The van der Waals surface area contributed by atoms with Gasteiger partial charge in [0.25, 0.3) is 0 Å². The van der Waals surface area contributed by atoms with Gasteiger partial charge in [-0.05, 0) is 6.42 Å². The Balaban J connectivity index is 0.000000267. The molecule has 1 aliphatic carbocycles. The van der Waals surface area contributed by atoms with Gasteiger partial charge in [-0.15, -0.1) is 40.6 Å². The minimum absolute atomic E-state index is 1.08. The van der Waals surface area contributed by atoms with Crippen molar-refractivity contribution in [3.05, 3.63) is 60.2 Å². The summed E-state index contributed by atoms with van der Waals surface area (Å²) in [5.74, 6) is 0. The van der Waals surface area contributed by atoms with E-state index in [0.717, 1.165) is 6.42 Å². The average molecular weight is 313 g/mol. The molecule has 0 aliphatic heterocycles. The Morgan fingerprint density at radius 2 is 1.89 bits per heavy atom. The Kier molecular flexibility index (Phi) is 4.72. The van der Waals surface area contributed by atoms with E-state index in [1.807, 2.05) is 0 Å². The molecule has 0 radical (unpaired) electrons. The van der Waals surface area contributed by atoms with Crippen LogP contribution < -0.4 is 0 Å². The van der Waals surface area contributed by atoms with Crippen LogP contribution in [0.15, 0.2) is 54.6 Å². The summed E-state index contributed by atoms with van der Waals surface area (Å²) in [4.78, 5) is 0. The van der Waals surface area contributed by atoms with Crippen molar-refractivity contribution in [1.82, 2.24) is 0 Å². The molecule has 1 aliphatic rings. The van der Waals surface area contributed by atoms with Crippen molar-refractivity contribution in [2.24, 2.45) is 0 Å². The van der Waals surface area contributed by atoms with Crippen LogP contribution in [0, 0.1) is 0 Å². The van der Waals surface area contributed by atoms with Crippen molar-refractivity contribution < 1.29 is 24.2 Å². The third kappa shape index (κ3) is 3.30. The topological polar surface area (TPSA) is 0 Å². The first-order chi connectivity index (χ1) is 8.68. The molecule has 1 heteroatoms. The van der Waals surface area contributed by atoms with Gasteiger partial charge in [-0.2, -0.15) is 0 Å². The second kappa shape index (κ2) is 6.29. The van der Waals surface area contributed by atoms with Gasteiger partial charge in [0.05, 0.1) is 0 Å². The van der Waals surface area contributed by atoms with Crippen molar-refractivity contribution in [3.8, 4) is 0 Å². The summed E-state index contributed by atoms with van der Waals surface area (Å²) < 4.78 is 1.51. The van der Waals surface area contributed by atoms with E-state index in [2.05, 4.69) is 68.5 Å². The molecule has 2 aromatic carbocycles. The molecule has 0 heterocycles. The van der Waals surface area contributed by atoms with Crippen LogP contribution in [-0.4, -0.2) is 3.21 Å². The molecule has 0 atom stereocenters.